The van der Waals surface area contributed by atoms with Gasteiger partial charge in [0.2, 0.25) is 0 Å². The summed E-state index contributed by atoms with van der Waals surface area (Å²) in [6.07, 6.45) is 1.37. The average molecular weight is 472 g/mol. The van der Waals surface area contributed by atoms with E-state index in [0.29, 0.717) is 37.2 Å². The van der Waals surface area contributed by atoms with E-state index in [-0.39, 0.29) is 47.4 Å². The van der Waals surface area contributed by atoms with E-state index < -0.39 is 18.3 Å². The van der Waals surface area contributed by atoms with Crippen LogP contribution in [-0.4, -0.2) is 52.4 Å². The number of carbonyl (C=O) groups excluding carboxylic acids is 2. The van der Waals surface area contributed by atoms with Gasteiger partial charge in [-0.3, -0.25) is 9.48 Å². The molecule has 0 spiro atoms. The van der Waals surface area contributed by atoms with E-state index in [4.69, 9.17) is 17.3 Å². The molecule has 32 heavy (non-hydrogen) atoms. The average Bonchev–Trinajstić information content (AvgIpc) is 3.11. The fourth-order valence-corrected chi connectivity index (χ4v) is 4.18. The summed E-state index contributed by atoms with van der Waals surface area (Å²) in [5.74, 6) is -1.50. The Morgan fingerprint density at radius 3 is 2.72 bits per heavy atom. The summed E-state index contributed by atoms with van der Waals surface area (Å²) < 4.78 is 44.0. The molecule has 0 radical (unpaired) electrons. The van der Waals surface area contributed by atoms with Crippen LogP contribution in [0.15, 0.2) is 18.2 Å². The first-order chi connectivity index (χ1) is 15.2. The Balaban J connectivity index is 1.51. The number of amides is 3. The second-order valence-electron chi connectivity index (χ2n) is 7.80. The fraction of sp³-hybridized carbons (Fsp3) is 0.450. The molecule has 1 unspecified atom stereocenters. The molecule has 1 aromatic carbocycles. The number of rotatable bonds is 6. The number of halogens is 4. The maximum Gasteiger partial charge on any atom is 0.345 e. The minimum absolute atomic E-state index is 0.0803. The Hall–Kier alpha value is -2.79. The maximum absolute atomic E-state index is 13.5. The van der Waals surface area contributed by atoms with Crippen molar-refractivity contribution >= 4 is 23.5 Å². The smallest absolute Gasteiger partial charge is 0.345 e. The van der Waals surface area contributed by atoms with Crippen LogP contribution < -0.4 is 11.1 Å². The molecule has 0 saturated heterocycles. The predicted molar refractivity (Wildman–Crippen MR) is 109 cm³/mol. The van der Waals surface area contributed by atoms with Crippen LogP contribution >= 0.6 is 11.6 Å². The summed E-state index contributed by atoms with van der Waals surface area (Å²) in [5, 5.41) is 7.17. The molecular formula is C20H21ClF3N5O3. The second-order valence-corrected chi connectivity index (χ2v) is 8.20. The summed E-state index contributed by atoms with van der Waals surface area (Å²) >= 11 is 5.87. The maximum atomic E-state index is 13.5. The number of benzene rings is 1. The van der Waals surface area contributed by atoms with Gasteiger partial charge in [-0.25, -0.2) is 9.18 Å². The molecule has 2 heterocycles. The quantitative estimate of drug-likeness (QED) is 0.676. The number of nitrogens with one attached hydrogen (secondary N) is 1. The molecular weight excluding hydrogens is 451 g/mol. The molecule has 1 aliphatic carbocycles. The second kappa shape index (κ2) is 8.99. The highest BCUT2D eigenvalue weighted by atomic mass is 35.5. The van der Waals surface area contributed by atoms with Crippen LogP contribution in [0.25, 0.3) is 11.3 Å². The Labute approximate surface area is 186 Å². The van der Waals surface area contributed by atoms with E-state index in [1.165, 1.54) is 23.1 Å². The van der Waals surface area contributed by atoms with Crippen LogP contribution in [0.3, 0.4) is 0 Å². The molecule has 2 aliphatic rings. The highest BCUT2D eigenvalue weighted by molar-refractivity contribution is 6.31. The zero-order chi connectivity index (χ0) is 23.0. The Kier molecular flexibility index (Phi) is 6.29. The van der Waals surface area contributed by atoms with Gasteiger partial charge in [0.1, 0.15) is 11.5 Å². The number of aromatic nitrogens is 2. The summed E-state index contributed by atoms with van der Waals surface area (Å²) in [5.41, 5.74) is 6.89. The molecule has 0 bridgehead atoms. The molecule has 4 rings (SSSR count). The third-order valence-electron chi connectivity index (χ3n) is 5.87. The van der Waals surface area contributed by atoms with Crippen LogP contribution in [0.1, 0.15) is 28.9 Å². The van der Waals surface area contributed by atoms with Gasteiger partial charge in [0.25, 0.3) is 5.91 Å². The summed E-state index contributed by atoms with van der Waals surface area (Å²) in [7, 11) is 0. The summed E-state index contributed by atoms with van der Waals surface area (Å²) in [4.78, 5) is 26.5. The standard InChI is InChI=1S/C20H21ClF3N5O3/c21-12-7-10(1-3-13(12)22)17-16(18(25)30)15-8-28(5-6-29(15)27-17)20(31)26-14-4-2-11(14)9-32-19(23)24/h1,3,7,11,14,19H,2,4-6,8-9H2,(H2,25,30)(H,26,31)/t11?,14-/m1/s1. The number of nitrogens with two attached hydrogens (primary N) is 1. The molecule has 2 aromatic rings. The van der Waals surface area contributed by atoms with E-state index in [9.17, 15) is 22.8 Å². The number of fused-ring (bicyclic) bond motifs is 1. The highest BCUT2D eigenvalue weighted by Crippen LogP contribution is 2.31. The molecule has 3 N–H and O–H groups in total. The minimum Gasteiger partial charge on any atom is -0.365 e. The number of hydrogen-bond donors (Lipinski definition) is 2. The summed E-state index contributed by atoms with van der Waals surface area (Å²) in [6.45, 7) is -2.23. The molecule has 3 amide bonds. The number of carbonyl (C=O) groups is 2. The fourth-order valence-electron chi connectivity index (χ4n) is 4.00. The molecule has 2 atom stereocenters. The van der Waals surface area contributed by atoms with Crippen molar-refractivity contribution in [2.24, 2.45) is 11.7 Å². The monoisotopic (exact) mass is 471 g/mol. The lowest BCUT2D eigenvalue weighted by molar-refractivity contribution is -0.146. The van der Waals surface area contributed by atoms with Gasteiger partial charge in [0.05, 0.1) is 36.0 Å². The molecule has 12 heteroatoms. The zero-order valence-electron chi connectivity index (χ0n) is 16.9. The van der Waals surface area contributed by atoms with Crippen LogP contribution in [-0.2, 0) is 17.8 Å². The van der Waals surface area contributed by atoms with Gasteiger partial charge in [-0.1, -0.05) is 11.6 Å². The van der Waals surface area contributed by atoms with Gasteiger partial charge >= 0.3 is 12.6 Å². The van der Waals surface area contributed by atoms with Gasteiger partial charge in [-0.2, -0.15) is 13.9 Å². The van der Waals surface area contributed by atoms with Crippen LogP contribution in [0.5, 0.6) is 0 Å². The van der Waals surface area contributed by atoms with Crippen LogP contribution in [0.4, 0.5) is 18.0 Å². The minimum atomic E-state index is -2.84. The van der Waals surface area contributed by atoms with Crippen molar-refractivity contribution < 1.29 is 27.5 Å². The topological polar surface area (TPSA) is 102 Å². The number of primary amides is 1. The van der Waals surface area contributed by atoms with Gasteiger partial charge in [-0.15, -0.1) is 0 Å². The van der Waals surface area contributed by atoms with E-state index in [2.05, 4.69) is 15.2 Å². The molecule has 8 nitrogen and oxygen atoms in total. The van der Waals surface area contributed by atoms with Crippen molar-refractivity contribution in [3.63, 3.8) is 0 Å². The first-order valence-corrected chi connectivity index (χ1v) is 10.4. The Morgan fingerprint density at radius 2 is 2.09 bits per heavy atom. The lowest BCUT2D eigenvalue weighted by atomic mass is 9.80. The van der Waals surface area contributed by atoms with Gasteiger partial charge in [-0.05, 0) is 31.0 Å². The zero-order valence-corrected chi connectivity index (χ0v) is 17.6. The van der Waals surface area contributed by atoms with Gasteiger partial charge in [0.15, 0.2) is 0 Å². The lowest BCUT2D eigenvalue weighted by Crippen LogP contribution is -2.54. The molecule has 1 aliphatic heterocycles. The van der Waals surface area contributed by atoms with E-state index in [1.807, 2.05) is 0 Å². The van der Waals surface area contributed by atoms with E-state index in [1.54, 1.807) is 4.68 Å². The molecule has 1 saturated carbocycles. The third-order valence-corrected chi connectivity index (χ3v) is 6.16. The van der Waals surface area contributed by atoms with Crippen molar-refractivity contribution in [1.82, 2.24) is 20.0 Å². The lowest BCUT2D eigenvalue weighted by Gasteiger charge is -2.38. The number of urea groups is 1. The SMILES string of the molecule is NC(=O)c1c(-c2ccc(F)c(Cl)c2)nn2c1CN(C(=O)N[C@@H]1CCC1COC(F)F)CC2. The Morgan fingerprint density at radius 1 is 1.31 bits per heavy atom. The number of hydrogen-bond acceptors (Lipinski definition) is 4. The first-order valence-electron chi connectivity index (χ1n) is 10.0. The van der Waals surface area contributed by atoms with Crippen molar-refractivity contribution in [3.05, 3.63) is 40.3 Å². The van der Waals surface area contributed by atoms with Crippen molar-refractivity contribution in [2.45, 2.75) is 38.6 Å². The van der Waals surface area contributed by atoms with Crippen molar-refractivity contribution in [1.29, 1.82) is 0 Å². The van der Waals surface area contributed by atoms with Crippen molar-refractivity contribution in [3.8, 4) is 11.3 Å². The van der Waals surface area contributed by atoms with Gasteiger partial charge < -0.3 is 20.7 Å². The Bertz CT molecular complexity index is 1050. The van der Waals surface area contributed by atoms with Crippen molar-refractivity contribution in [2.75, 3.05) is 13.2 Å². The summed E-state index contributed by atoms with van der Waals surface area (Å²) in [6, 6.07) is 3.37. The third kappa shape index (κ3) is 4.40. The van der Waals surface area contributed by atoms with Crippen LogP contribution in [0.2, 0.25) is 5.02 Å². The predicted octanol–water partition coefficient (Wildman–Crippen LogP) is 2.98. The number of alkyl halides is 2. The molecule has 172 valence electrons. The van der Waals surface area contributed by atoms with Crippen LogP contribution in [0, 0.1) is 11.7 Å². The van der Waals surface area contributed by atoms with E-state index >= 15 is 0 Å². The first kappa shape index (κ1) is 22.4. The number of nitrogens with zero attached hydrogens (tertiary/aromatic N) is 3. The normalized spacial score (nSPS) is 20.1. The molecule has 1 fully saturated rings. The highest BCUT2D eigenvalue weighted by Gasteiger charge is 2.35. The number of ether oxygens (including phenoxy) is 1. The molecule has 1 aromatic heterocycles. The van der Waals surface area contributed by atoms with E-state index in [0.717, 1.165) is 0 Å². The van der Waals surface area contributed by atoms with Gasteiger partial charge in [0, 0.05) is 24.1 Å². The largest absolute Gasteiger partial charge is 0.365 e.